The summed E-state index contributed by atoms with van der Waals surface area (Å²) in [5, 5.41) is 11.6. The molecule has 92 valence electrons. The molecule has 0 unspecified atom stereocenters. The van der Waals surface area contributed by atoms with Gasteiger partial charge in [-0.2, -0.15) is 18.4 Å². The van der Waals surface area contributed by atoms with Crippen molar-refractivity contribution in [1.82, 2.24) is 0 Å². The van der Waals surface area contributed by atoms with Crippen LogP contribution in [0.3, 0.4) is 0 Å². The quantitative estimate of drug-likeness (QED) is 0.872. The van der Waals surface area contributed by atoms with Gasteiger partial charge in [-0.3, -0.25) is 0 Å². The highest BCUT2D eigenvalue weighted by Crippen LogP contribution is 2.34. The minimum absolute atomic E-state index is 0.0908. The fourth-order valence-electron chi connectivity index (χ4n) is 1.16. The number of alkyl halides is 3. The van der Waals surface area contributed by atoms with Crippen LogP contribution in [0.4, 0.5) is 18.9 Å². The van der Waals surface area contributed by atoms with Crippen LogP contribution in [0.2, 0.25) is 5.02 Å². The lowest BCUT2D eigenvalue weighted by Gasteiger charge is -2.21. The molecule has 0 aliphatic heterocycles. The van der Waals surface area contributed by atoms with Crippen LogP contribution in [-0.4, -0.2) is 5.54 Å². The first-order valence-electron chi connectivity index (χ1n) is 4.72. The first kappa shape index (κ1) is 13.7. The molecule has 2 nitrogen and oxygen atoms in total. The molecular formula is C11H10ClF3N2. The summed E-state index contributed by atoms with van der Waals surface area (Å²) in [6, 6.07) is 4.86. The van der Waals surface area contributed by atoms with Crippen molar-refractivity contribution in [3.8, 4) is 6.07 Å². The van der Waals surface area contributed by atoms with E-state index >= 15 is 0 Å². The van der Waals surface area contributed by atoms with E-state index in [1.807, 2.05) is 6.07 Å². The van der Waals surface area contributed by atoms with E-state index in [1.54, 1.807) is 13.8 Å². The number of rotatable bonds is 2. The van der Waals surface area contributed by atoms with Gasteiger partial charge in [0.25, 0.3) is 0 Å². The molecule has 0 aromatic heterocycles. The maximum absolute atomic E-state index is 12.5. The van der Waals surface area contributed by atoms with Crippen molar-refractivity contribution in [2.24, 2.45) is 0 Å². The monoisotopic (exact) mass is 262 g/mol. The molecule has 1 rings (SSSR count). The van der Waals surface area contributed by atoms with Gasteiger partial charge in [0.05, 0.1) is 22.3 Å². The van der Waals surface area contributed by atoms with Crippen molar-refractivity contribution in [3.63, 3.8) is 0 Å². The van der Waals surface area contributed by atoms with Gasteiger partial charge < -0.3 is 5.32 Å². The van der Waals surface area contributed by atoms with E-state index in [0.717, 1.165) is 18.2 Å². The van der Waals surface area contributed by atoms with Gasteiger partial charge >= 0.3 is 6.18 Å². The normalized spacial score (nSPS) is 12.1. The lowest BCUT2D eigenvalue weighted by atomic mass is 10.1. The number of halogens is 4. The molecule has 0 radical (unpaired) electrons. The zero-order chi connectivity index (χ0) is 13.3. The third-order valence-electron chi connectivity index (χ3n) is 2.02. The molecule has 0 aliphatic rings. The van der Waals surface area contributed by atoms with Gasteiger partial charge in [-0.05, 0) is 32.0 Å². The van der Waals surface area contributed by atoms with E-state index in [4.69, 9.17) is 16.9 Å². The summed E-state index contributed by atoms with van der Waals surface area (Å²) in [6.07, 6.45) is -4.43. The highest BCUT2D eigenvalue weighted by Gasteiger charge is 2.31. The van der Waals surface area contributed by atoms with Crippen molar-refractivity contribution in [1.29, 1.82) is 5.26 Å². The van der Waals surface area contributed by atoms with Crippen LogP contribution in [0.5, 0.6) is 0 Å². The van der Waals surface area contributed by atoms with Crippen molar-refractivity contribution in [2.45, 2.75) is 25.6 Å². The van der Waals surface area contributed by atoms with Crippen LogP contribution >= 0.6 is 11.6 Å². The van der Waals surface area contributed by atoms with Gasteiger partial charge in [0.15, 0.2) is 0 Å². The van der Waals surface area contributed by atoms with E-state index in [9.17, 15) is 13.2 Å². The van der Waals surface area contributed by atoms with Crippen molar-refractivity contribution < 1.29 is 13.2 Å². The predicted octanol–water partition coefficient (Wildman–Crippen LogP) is 4.07. The summed E-state index contributed by atoms with van der Waals surface area (Å²) >= 11 is 5.77. The molecule has 0 fully saturated rings. The number of hydrogen-bond donors (Lipinski definition) is 1. The van der Waals surface area contributed by atoms with Gasteiger partial charge in [-0.15, -0.1) is 0 Å². The van der Waals surface area contributed by atoms with E-state index in [1.165, 1.54) is 0 Å². The molecule has 0 atom stereocenters. The molecular weight excluding hydrogens is 253 g/mol. The summed E-state index contributed by atoms with van der Waals surface area (Å²) in [7, 11) is 0. The third-order valence-corrected chi connectivity index (χ3v) is 2.35. The molecule has 17 heavy (non-hydrogen) atoms. The molecule has 1 N–H and O–H groups in total. The van der Waals surface area contributed by atoms with Gasteiger partial charge in [0.1, 0.15) is 5.54 Å². The van der Waals surface area contributed by atoms with E-state index in [0.29, 0.717) is 0 Å². The van der Waals surface area contributed by atoms with E-state index in [-0.39, 0.29) is 10.7 Å². The number of anilines is 1. The topological polar surface area (TPSA) is 35.8 Å². The first-order valence-corrected chi connectivity index (χ1v) is 5.10. The maximum Gasteiger partial charge on any atom is 0.416 e. The molecule has 0 aliphatic carbocycles. The van der Waals surface area contributed by atoms with Crippen molar-refractivity contribution in [2.75, 3.05) is 5.32 Å². The second kappa shape index (κ2) is 4.46. The average Bonchev–Trinajstić information content (AvgIpc) is 2.19. The maximum atomic E-state index is 12.5. The van der Waals surface area contributed by atoms with E-state index < -0.39 is 17.3 Å². The van der Waals surface area contributed by atoms with Crippen LogP contribution in [0.15, 0.2) is 18.2 Å². The summed E-state index contributed by atoms with van der Waals surface area (Å²) in [5.41, 5.74) is -1.71. The van der Waals surface area contributed by atoms with Crippen LogP contribution in [0.25, 0.3) is 0 Å². The standard InChI is InChI=1S/C11H10ClF3N2/c1-10(2,6-16)17-9-5-7(11(13,14)15)3-4-8(9)12/h3-5,17H,1-2H3. The van der Waals surface area contributed by atoms with Crippen LogP contribution in [0.1, 0.15) is 19.4 Å². The predicted molar refractivity (Wildman–Crippen MR) is 59.8 cm³/mol. The minimum atomic E-state index is -4.43. The largest absolute Gasteiger partial charge is 0.416 e. The summed E-state index contributed by atoms with van der Waals surface area (Å²) in [6.45, 7) is 3.09. The van der Waals surface area contributed by atoms with Gasteiger partial charge in [0, 0.05) is 0 Å². The number of nitrogens with one attached hydrogen (secondary N) is 1. The fourth-order valence-corrected chi connectivity index (χ4v) is 1.33. The molecule has 0 saturated carbocycles. The summed E-state index contributed by atoms with van der Waals surface area (Å²) in [5.74, 6) is 0. The van der Waals surface area contributed by atoms with Crippen LogP contribution in [-0.2, 0) is 6.18 Å². The van der Waals surface area contributed by atoms with Crippen LogP contribution < -0.4 is 5.32 Å². The Labute approximate surface area is 102 Å². The fraction of sp³-hybridized carbons (Fsp3) is 0.364. The Morgan fingerprint density at radius 3 is 2.35 bits per heavy atom. The molecule has 0 bridgehead atoms. The van der Waals surface area contributed by atoms with Crippen molar-refractivity contribution in [3.05, 3.63) is 28.8 Å². The molecule has 0 saturated heterocycles. The number of nitrogens with zero attached hydrogens (tertiary/aromatic N) is 1. The number of nitriles is 1. The number of benzene rings is 1. The molecule has 0 spiro atoms. The summed E-state index contributed by atoms with van der Waals surface area (Å²) in [4.78, 5) is 0. The third kappa shape index (κ3) is 3.53. The minimum Gasteiger partial charge on any atom is -0.367 e. The second-order valence-electron chi connectivity index (χ2n) is 4.05. The highest BCUT2D eigenvalue weighted by atomic mass is 35.5. The zero-order valence-electron chi connectivity index (χ0n) is 9.19. The molecule has 0 amide bonds. The van der Waals surface area contributed by atoms with E-state index in [2.05, 4.69) is 5.32 Å². The highest BCUT2D eigenvalue weighted by molar-refractivity contribution is 6.33. The Balaban J connectivity index is 3.13. The van der Waals surface area contributed by atoms with Gasteiger partial charge in [-0.1, -0.05) is 11.6 Å². The smallest absolute Gasteiger partial charge is 0.367 e. The van der Waals surface area contributed by atoms with Gasteiger partial charge in [0.2, 0.25) is 0 Å². The second-order valence-corrected chi connectivity index (χ2v) is 4.46. The Bertz CT molecular complexity index is 461. The number of hydrogen-bond acceptors (Lipinski definition) is 2. The summed E-state index contributed by atoms with van der Waals surface area (Å²) < 4.78 is 37.4. The zero-order valence-corrected chi connectivity index (χ0v) is 9.95. The Hall–Kier alpha value is -1.41. The Morgan fingerprint density at radius 1 is 1.29 bits per heavy atom. The van der Waals surface area contributed by atoms with Gasteiger partial charge in [-0.25, -0.2) is 0 Å². The molecule has 0 heterocycles. The van der Waals surface area contributed by atoms with Crippen LogP contribution in [0, 0.1) is 11.3 Å². The lowest BCUT2D eigenvalue weighted by molar-refractivity contribution is -0.137. The Kier molecular flexibility index (Phi) is 3.58. The molecule has 1 aromatic carbocycles. The van der Waals surface area contributed by atoms with Crippen molar-refractivity contribution >= 4 is 17.3 Å². The Morgan fingerprint density at radius 2 is 1.88 bits per heavy atom. The SMILES string of the molecule is CC(C)(C#N)Nc1cc(C(F)(F)F)ccc1Cl. The molecule has 6 heteroatoms. The first-order chi connectivity index (χ1) is 7.65. The average molecular weight is 263 g/mol. The molecule has 1 aromatic rings. The lowest BCUT2D eigenvalue weighted by Crippen LogP contribution is -2.28.